The van der Waals surface area contributed by atoms with Gasteiger partial charge in [0.05, 0.1) is 23.7 Å². The minimum atomic E-state index is -0.244. The predicted molar refractivity (Wildman–Crippen MR) is 92.8 cm³/mol. The van der Waals surface area contributed by atoms with Gasteiger partial charge < -0.3 is 15.4 Å². The average molecular weight is 351 g/mol. The molecular formula is C17H22FN3O2S. The third-order valence-electron chi connectivity index (χ3n) is 3.32. The number of nitrogens with zero attached hydrogens (tertiary/aromatic N) is 1. The second-order valence-corrected chi connectivity index (χ2v) is 6.25. The summed E-state index contributed by atoms with van der Waals surface area (Å²) in [6.45, 7) is 2.71. The van der Waals surface area contributed by atoms with Crippen LogP contribution in [-0.2, 0) is 22.4 Å². The van der Waals surface area contributed by atoms with Crippen LogP contribution in [0.15, 0.2) is 29.6 Å². The zero-order valence-electron chi connectivity index (χ0n) is 13.7. The molecule has 1 aromatic carbocycles. The highest BCUT2D eigenvalue weighted by Gasteiger charge is 2.08. The van der Waals surface area contributed by atoms with Crippen molar-refractivity contribution in [1.29, 1.82) is 0 Å². The molecule has 130 valence electrons. The van der Waals surface area contributed by atoms with Gasteiger partial charge in [0.1, 0.15) is 5.82 Å². The van der Waals surface area contributed by atoms with Crippen LogP contribution in [0.1, 0.15) is 16.3 Å². The second kappa shape index (κ2) is 10.1. The first-order valence-electron chi connectivity index (χ1n) is 7.81. The van der Waals surface area contributed by atoms with E-state index < -0.39 is 0 Å². The molecule has 0 radical (unpaired) electrons. The van der Waals surface area contributed by atoms with E-state index in [-0.39, 0.29) is 18.1 Å². The van der Waals surface area contributed by atoms with Crippen molar-refractivity contribution in [3.63, 3.8) is 0 Å². The number of benzene rings is 1. The van der Waals surface area contributed by atoms with Crippen LogP contribution in [0.2, 0.25) is 0 Å². The second-order valence-electron chi connectivity index (χ2n) is 5.31. The Balaban J connectivity index is 1.70. The summed E-state index contributed by atoms with van der Waals surface area (Å²) in [6.07, 6.45) is 0.925. The Bertz CT molecular complexity index is 631. The number of halogens is 1. The number of nitrogens with one attached hydrogen (secondary N) is 2. The molecule has 0 saturated heterocycles. The average Bonchev–Trinajstić information content (AvgIpc) is 3.00. The molecule has 0 aliphatic rings. The van der Waals surface area contributed by atoms with Crippen molar-refractivity contribution in [2.75, 3.05) is 33.4 Å². The van der Waals surface area contributed by atoms with Gasteiger partial charge >= 0.3 is 0 Å². The quantitative estimate of drug-likeness (QED) is 0.641. The molecule has 1 amide bonds. The van der Waals surface area contributed by atoms with Crippen LogP contribution in [0.5, 0.6) is 0 Å². The molecule has 0 aliphatic heterocycles. The summed E-state index contributed by atoms with van der Waals surface area (Å²) in [7, 11) is 1.65. The standard InChI is InChI=1S/C17H22FN3O2S/c1-23-9-8-19-6-7-20-16(22)11-15-12-24-17(21-15)10-13-2-4-14(18)5-3-13/h2-5,12,19H,6-11H2,1H3,(H,20,22). The lowest BCUT2D eigenvalue weighted by Crippen LogP contribution is -2.33. The maximum Gasteiger partial charge on any atom is 0.226 e. The lowest BCUT2D eigenvalue weighted by molar-refractivity contribution is -0.120. The van der Waals surface area contributed by atoms with Crippen molar-refractivity contribution in [3.05, 3.63) is 51.7 Å². The molecule has 2 aromatic rings. The molecule has 0 saturated carbocycles. The van der Waals surface area contributed by atoms with E-state index in [4.69, 9.17) is 4.74 Å². The summed E-state index contributed by atoms with van der Waals surface area (Å²) in [5, 5.41) is 8.83. The minimum absolute atomic E-state index is 0.0397. The zero-order chi connectivity index (χ0) is 17.2. The molecular weight excluding hydrogens is 329 g/mol. The van der Waals surface area contributed by atoms with Gasteiger partial charge in [-0.05, 0) is 17.7 Å². The van der Waals surface area contributed by atoms with Gasteiger partial charge in [0.2, 0.25) is 5.91 Å². The van der Waals surface area contributed by atoms with Gasteiger partial charge in [-0.15, -0.1) is 11.3 Å². The van der Waals surface area contributed by atoms with Crippen LogP contribution < -0.4 is 10.6 Å². The number of ether oxygens (including phenoxy) is 1. The van der Waals surface area contributed by atoms with E-state index in [1.54, 1.807) is 19.2 Å². The summed E-state index contributed by atoms with van der Waals surface area (Å²) in [4.78, 5) is 16.3. The molecule has 0 unspecified atom stereocenters. The fraction of sp³-hybridized carbons (Fsp3) is 0.412. The third kappa shape index (κ3) is 6.74. The van der Waals surface area contributed by atoms with Gasteiger partial charge in [0, 0.05) is 38.5 Å². The summed E-state index contributed by atoms with van der Waals surface area (Å²) < 4.78 is 17.8. The molecule has 7 heteroatoms. The number of amides is 1. The summed E-state index contributed by atoms with van der Waals surface area (Å²) in [5.74, 6) is -0.283. The fourth-order valence-electron chi connectivity index (χ4n) is 2.10. The van der Waals surface area contributed by atoms with E-state index in [0.29, 0.717) is 26.1 Å². The Labute approximate surface area is 145 Å². The highest BCUT2D eigenvalue weighted by molar-refractivity contribution is 7.09. The highest BCUT2D eigenvalue weighted by Crippen LogP contribution is 2.15. The van der Waals surface area contributed by atoms with Gasteiger partial charge in [-0.25, -0.2) is 9.37 Å². The van der Waals surface area contributed by atoms with Crippen molar-refractivity contribution in [3.8, 4) is 0 Å². The molecule has 0 aliphatic carbocycles. The number of methoxy groups -OCH3 is 1. The van der Waals surface area contributed by atoms with Gasteiger partial charge in [-0.2, -0.15) is 0 Å². The van der Waals surface area contributed by atoms with Gasteiger partial charge in [-0.1, -0.05) is 12.1 Å². The van der Waals surface area contributed by atoms with Gasteiger partial charge in [0.25, 0.3) is 0 Å². The van der Waals surface area contributed by atoms with Crippen molar-refractivity contribution < 1.29 is 13.9 Å². The lowest BCUT2D eigenvalue weighted by atomic mass is 10.1. The molecule has 0 atom stereocenters. The van der Waals surface area contributed by atoms with Crippen LogP contribution in [0.3, 0.4) is 0 Å². The largest absolute Gasteiger partial charge is 0.383 e. The number of thiazole rings is 1. The van der Waals surface area contributed by atoms with Crippen LogP contribution in [0, 0.1) is 5.82 Å². The van der Waals surface area contributed by atoms with E-state index in [2.05, 4.69) is 15.6 Å². The number of carbonyl (C=O) groups excluding carboxylic acids is 1. The monoisotopic (exact) mass is 351 g/mol. The van der Waals surface area contributed by atoms with Crippen molar-refractivity contribution in [1.82, 2.24) is 15.6 Å². The van der Waals surface area contributed by atoms with E-state index in [1.807, 2.05) is 5.38 Å². The normalized spacial score (nSPS) is 10.8. The Morgan fingerprint density at radius 2 is 2.04 bits per heavy atom. The smallest absolute Gasteiger partial charge is 0.226 e. The Morgan fingerprint density at radius 1 is 1.25 bits per heavy atom. The molecule has 2 rings (SSSR count). The molecule has 0 spiro atoms. The number of carbonyl (C=O) groups is 1. The van der Waals surface area contributed by atoms with Crippen LogP contribution >= 0.6 is 11.3 Å². The number of hydrogen-bond donors (Lipinski definition) is 2. The first-order valence-corrected chi connectivity index (χ1v) is 8.69. The van der Waals surface area contributed by atoms with E-state index in [9.17, 15) is 9.18 Å². The molecule has 5 nitrogen and oxygen atoms in total. The molecule has 2 N–H and O–H groups in total. The molecule has 1 aromatic heterocycles. The van der Waals surface area contributed by atoms with Crippen molar-refractivity contribution in [2.24, 2.45) is 0 Å². The minimum Gasteiger partial charge on any atom is -0.383 e. The molecule has 24 heavy (non-hydrogen) atoms. The molecule has 0 fully saturated rings. The predicted octanol–water partition coefficient (Wildman–Crippen LogP) is 1.77. The number of hydrogen-bond acceptors (Lipinski definition) is 5. The Hall–Kier alpha value is -1.83. The Kier molecular flexibility index (Phi) is 7.81. The first-order chi connectivity index (χ1) is 11.7. The number of rotatable bonds is 10. The topological polar surface area (TPSA) is 63.2 Å². The summed E-state index contributed by atoms with van der Waals surface area (Å²) >= 11 is 1.52. The fourth-order valence-corrected chi connectivity index (χ4v) is 2.93. The maximum absolute atomic E-state index is 12.9. The van der Waals surface area contributed by atoms with Crippen LogP contribution in [0.25, 0.3) is 0 Å². The zero-order valence-corrected chi connectivity index (χ0v) is 14.5. The lowest BCUT2D eigenvalue weighted by Gasteiger charge is -2.05. The van der Waals surface area contributed by atoms with Crippen molar-refractivity contribution in [2.45, 2.75) is 12.8 Å². The maximum atomic E-state index is 12.9. The first kappa shape index (κ1) is 18.5. The van der Waals surface area contributed by atoms with Crippen LogP contribution in [-0.4, -0.2) is 44.2 Å². The van der Waals surface area contributed by atoms with Gasteiger partial charge in [0.15, 0.2) is 0 Å². The van der Waals surface area contributed by atoms with Crippen LogP contribution in [0.4, 0.5) is 4.39 Å². The van der Waals surface area contributed by atoms with E-state index in [1.165, 1.54) is 23.5 Å². The number of aromatic nitrogens is 1. The highest BCUT2D eigenvalue weighted by atomic mass is 32.1. The SMILES string of the molecule is COCCNCCNC(=O)Cc1csc(Cc2ccc(F)cc2)n1. The van der Waals surface area contributed by atoms with Crippen molar-refractivity contribution >= 4 is 17.2 Å². The molecule has 1 heterocycles. The summed E-state index contributed by atoms with van der Waals surface area (Å²) in [6, 6.07) is 6.38. The van der Waals surface area contributed by atoms with E-state index >= 15 is 0 Å². The van der Waals surface area contributed by atoms with Gasteiger partial charge in [-0.3, -0.25) is 4.79 Å². The Morgan fingerprint density at radius 3 is 2.79 bits per heavy atom. The van der Waals surface area contributed by atoms with E-state index in [0.717, 1.165) is 22.8 Å². The molecule has 0 bridgehead atoms. The summed E-state index contributed by atoms with van der Waals surface area (Å²) in [5.41, 5.74) is 1.77. The third-order valence-corrected chi connectivity index (χ3v) is 4.21.